The van der Waals surface area contributed by atoms with Crippen LogP contribution in [0.5, 0.6) is 11.5 Å². The second kappa shape index (κ2) is 8.90. The zero-order valence-electron chi connectivity index (χ0n) is 10.2. The van der Waals surface area contributed by atoms with Crippen LogP contribution in [0.2, 0.25) is 5.02 Å². The van der Waals surface area contributed by atoms with Gasteiger partial charge >= 0.3 is 0 Å². The lowest BCUT2D eigenvalue weighted by molar-refractivity contribution is 0.472. The van der Waals surface area contributed by atoms with Crippen LogP contribution in [0.3, 0.4) is 0 Å². The first-order valence-electron chi connectivity index (χ1n) is 5.30. The minimum Gasteiger partial charge on any atom is -0.452 e. The highest BCUT2D eigenvalue weighted by Crippen LogP contribution is 2.54. The van der Waals surface area contributed by atoms with Gasteiger partial charge in [0, 0.05) is 8.95 Å². The molecule has 0 aliphatic rings. The first-order chi connectivity index (χ1) is 10.6. The second-order valence-electron chi connectivity index (χ2n) is 3.90. The number of rotatable bonds is 2. The van der Waals surface area contributed by atoms with Gasteiger partial charge in [-0.1, -0.05) is 11.6 Å². The van der Waals surface area contributed by atoms with Crippen molar-refractivity contribution in [3.05, 3.63) is 45.3 Å². The van der Waals surface area contributed by atoms with Gasteiger partial charge in [-0.2, -0.15) is 0 Å². The Morgan fingerprint density at radius 1 is 0.435 bits per heavy atom. The van der Waals surface area contributed by atoms with E-state index in [1.54, 1.807) is 0 Å². The predicted molar refractivity (Wildman–Crippen MR) is 127 cm³/mol. The molecular weight excluding hydrogens is 915 g/mol. The normalized spacial score (nSPS) is 11.0. The van der Waals surface area contributed by atoms with Crippen LogP contribution in [0, 0.1) is 0 Å². The van der Waals surface area contributed by atoms with Crippen molar-refractivity contribution in [1.82, 2.24) is 0 Å². The molecule has 11 heteroatoms. The maximum absolute atomic E-state index is 6.43. The van der Waals surface area contributed by atoms with E-state index in [0.717, 1.165) is 31.3 Å². The highest BCUT2D eigenvalue weighted by molar-refractivity contribution is 9.16. The minimum absolute atomic E-state index is 0.431. The molecule has 0 heterocycles. The van der Waals surface area contributed by atoms with Gasteiger partial charge in [-0.05, 0) is 143 Å². The van der Waals surface area contributed by atoms with Gasteiger partial charge in [0.1, 0.15) is 0 Å². The van der Waals surface area contributed by atoms with Gasteiger partial charge in [0.25, 0.3) is 0 Å². The molecule has 0 aromatic heterocycles. The van der Waals surface area contributed by atoms with E-state index in [4.69, 9.17) is 16.3 Å². The third kappa shape index (κ3) is 4.31. The average molecular weight is 915 g/mol. The van der Waals surface area contributed by atoms with Crippen molar-refractivity contribution in [3.8, 4) is 11.5 Å². The molecule has 0 spiro atoms. The molecule has 0 fully saturated rings. The van der Waals surface area contributed by atoms with Crippen LogP contribution in [0.15, 0.2) is 40.3 Å². The Morgan fingerprint density at radius 2 is 0.739 bits per heavy atom. The van der Waals surface area contributed by atoms with Crippen LogP contribution in [-0.2, 0) is 0 Å². The summed E-state index contributed by atoms with van der Waals surface area (Å²) in [7, 11) is 0. The van der Waals surface area contributed by atoms with Crippen molar-refractivity contribution in [2.24, 2.45) is 0 Å². The van der Waals surface area contributed by atoms with Gasteiger partial charge in [-0.25, -0.2) is 0 Å². The number of hydrogen-bond donors (Lipinski definition) is 0. The Balaban J connectivity index is 2.71. The monoisotopic (exact) mass is 905 g/mol. The molecule has 0 saturated carbocycles. The lowest BCUT2D eigenvalue weighted by Crippen LogP contribution is -1.94. The van der Waals surface area contributed by atoms with Crippen molar-refractivity contribution < 1.29 is 4.74 Å². The molecule has 0 bridgehead atoms. The maximum atomic E-state index is 6.43. The van der Waals surface area contributed by atoms with E-state index in [9.17, 15) is 0 Å². The number of ether oxygens (including phenoxy) is 1. The van der Waals surface area contributed by atoms with Crippen LogP contribution in [0.4, 0.5) is 0 Å². The molecule has 0 unspecified atom stereocenters. The van der Waals surface area contributed by atoms with E-state index in [2.05, 4.69) is 143 Å². The molecule has 0 atom stereocenters. The second-order valence-corrected chi connectivity index (χ2v) is 11.4. The summed E-state index contributed by atoms with van der Waals surface area (Å²) in [5.74, 6) is 1.03. The lowest BCUT2D eigenvalue weighted by atomic mass is 10.3. The van der Waals surface area contributed by atoms with Crippen LogP contribution in [0.1, 0.15) is 0 Å². The molecule has 0 N–H and O–H groups in total. The fourth-order valence-corrected chi connectivity index (χ4v) is 7.24. The Hall–Kier alpha value is 2.85. The topological polar surface area (TPSA) is 9.23 Å². The molecule has 124 valence electrons. The van der Waals surface area contributed by atoms with Crippen LogP contribution >= 0.6 is 155 Å². The minimum atomic E-state index is 0.431. The summed E-state index contributed by atoms with van der Waals surface area (Å²) in [6, 6.07) is 0. The average Bonchev–Trinajstić information content (AvgIpc) is 2.54. The summed E-state index contributed by atoms with van der Waals surface area (Å²) in [4.78, 5) is 0. The molecular formula is C12Br9ClO. The van der Waals surface area contributed by atoms with Gasteiger partial charge in [0.2, 0.25) is 0 Å². The number of halogens is 10. The van der Waals surface area contributed by atoms with Gasteiger partial charge in [0.15, 0.2) is 11.5 Å². The van der Waals surface area contributed by atoms with Gasteiger partial charge in [-0.3, -0.25) is 0 Å². The van der Waals surface area contributed by atoms with Crippen molar-refractivity contribution in [3.63, 3.8) is 0 Å². The largest absolute Gasteiger partial charge is 0.452 e. The maximum Gasteiger partial charge on any atom is 0.162 e. The van der Waals surface area contributed by atoms with Gasteiger partial charge < -0.3 is 4.74 Å². The highest BCUT2D eigenvalue weighted by Gasteiger charge is 2.24. The molecule has 23 heavy (non-hydrogen) atoms. The standard InChI is InChI=1S/C12Br9ClO/c13-1-3(15)7(19)11(8(20)4(1)16)23-12-9(21)5(17)2(14)6(18)10(12)22. The SMILES string of the molecule is Clc1c(Br)c(Br)c(Br)c(Br)c1Oc1c(Br)c(Br)c(Br)c(Br)c1Br. The fourth-order valence-electron chi connectivity index (χ4n) is 1.45. The van der Waals surface area contributed by atoms with E-state index in [1.165, 1.54) is 0 Å². The lowest BCUT2D eigenvalue weighted by Gasteiger charge is -2.18. The van der Waals surface area contributed by atoms with Crippen molar-refractivity contribution in [2.75, 3.05) is 0 Å². The molecule has 0 aliphatic heterocycles. The summed E-state index contributed by atoms with van der Waals surface area (Å²) in [6.45, 7) is 0. The predicted octanol–water partition coefficient (Wildman–Crippen LogP) is 11.0. The summed E-state index contributed by atoms with van der Waals surface area (Å²) in [5.41, 5.74) is 0. The molecule has 2 aromatic carbocycles. The smallest absolute Gasteiger partial charge is 0.162 e. The molecule has 0 radical (unpaired) electrons. The van der Waals surface area contributed by atoms with Crippen LogP contribution < -0.4 is 4.74 Å². The van der Waals surface area contributed by atoms with E-state index >= 15 is 0 Å². The molecule has 1 nitrogen and oxygen atoms in total. The van der Waals surface area contributed by atoms with E-state index in [-0.39, 0.29) is 0 Å². The highest BCUT2D eigenvalue weighted by atomic mass is 79.9. The van der Waals surface area contributed by atoms with Gasteiger partial charge in [0.05, 0.1) is 36.3 Å². The number of benzene rings is 2. The number of hydrogen-bond acceptors (Lipinski definition) is 1. The van der Waals surface area contributed by atoms with Crippen LogP contribution in [-0.4, -0.2) is 0 Å². The van der Waals surface area contributed by atoms with E-state index in [0.29, 0.717) is 25.5 Å². The van der Waals surface area contributed by atoms with Crippen LogP contribution in [0.25, 0.3) is 0 Å². The Morgan fingerprint density at radius 3 is 1.17 bits per heavy atom. The Labute approximate surface area is 213 Å². The first kappa shape index (κ1) is 22.1. The van der Waals surface area contributed by atoms with Crippen molar-refractivity contribution in [1.29, 1.82) is 0 Å². The molecule has 0 amide bonds. The zero-order chi connectivity index (χ0) is 17.6. The third-order valence-electron chi connectivity index (χ3n) is 2.54. The van der Waals surface area contributed by atoms with Gasteiger partial charge in [-0.15, -0.1) is 0 Å². The van der Waals surface area contributed by atoms with E-state index in [1.807, 2.05) is 0 Å². The first-order valence-corrected chi connectivity index (χ1v) is 12.8. The van der Waals surface area contributed by atoms with Crippen molar-refractivity contribution >= 4 is 155 Å². The summed E-state index contributed by atoms with van der Waals surface area (Å²) in [5, 5.41) is 0.431. The van der Waals surface area contributed by atoms with E-state index < -0.39 is 0 Å². The molecule has 0 aliphatic carbocycles. The zero-order valence-corrected chi connectivity index (χ0v) is 25.2. The summed E-state index contributed by atoms with van der Waals surface area (Å²) in [6.07, 6.45) is 0. The molecule has 0 saturated heterocycles. The quantitative estimate of drug-likeness (QED) is 0.215. The summed E-state index contributed by atoms with van der Waals surface area (Å²) < 4.78 is 13.0. The van der Waals surface area contributed by atoms with Crippen molar-refractivity contribution in [2.45, 2.75) is 0 Å². The Kier molecular flexibility index (Phi) is 8.57. The Bertz CT molecular complexity index is 696. The fraction of sp³-hybridized carbons (Fsp3) is 0. The summed E-state index contributed by atoms with van der Waals surface area (Å²) >= 11 is 37.9. The third-order valence-corrected chi connectivity index (χ3v) is 13.9. The molecule has 2 aromatic rings. The molecule has 2 rings (SSSR count).